The number of terminal acetylenes is 1. The predicted molar refractivity (Wildman–Crippen MR) is 134 cm³/mol. The summed E-state index contributed by atoms with van der Waals surface area (Å²) in [5, 5.41) is 9.74. The average Bonchev–Trinajstić information content (AvgIpc) is 3.50. The first-order valence-electron chi connectivity index (χ1n) is 11.4. The van der Waals surface area contributed by atoms with E-state index >= 15 is 0 Å². The number of carbonyl (C=O) groups is 1. The topological polar surface area (TPSA) is 112 Å². The van der Waals surface area contributed by atoms with Gasteiger partial charge >= 0.3 is 5.97 Å². The number of imidazole rings is 1. The van der Waals surface area contributed by atoms with Crippen LogP contribution in [0.3, 0.4) is 0 Å². The summed E-state index contributed by atoms with van der Waals surface area (Å²) in [7, 11) is 0. The largest absolute Gasteiger partial charge is 0.479 e. The first-order valence-corrected chi connectivity index (χ1v) is 12.7. The minimum Gasteiger partial charge on any atom is -0.479 e. The molecule has 2 saturated heterocycles. The minimum atomic E-state index is -1.09. The maximum absolute atomic E-state index is 11.8. The Kier molecular flexibility index (Phi) is 7.59. The fourth-order valence-electron chi connectivity index (χ4n) is 4.27. The minimum absolute atomic E-state index is 0.0313. The van der Waals surface area contributed by atoms with Gasteiger partial charge in [-0.05, 0) is 23.7 Å². The summed E-state index contributed by atoms with van der Waals surface area (Å²) >= 11 is 7.39. The molecule has 0 saturated carbocycles. The molecule has 4 unspecified atom stereocenters. The van der Waals surface area contributed by atoms with Gasteiger partial charge in [0.1, 0.15) is 6.23 Å². The maximum atomic E-state index is 11.8. The van der Waals surface area contributed by atoms with Crippen LogP contribution < -0.4 is 4.90 Å². The highest BCUT2D eigenvalue weighted by Gasteiger charge is 2.37. The van der Waals surface area contributed by atoms with E-state index in [4.69, 9.17) is 32.2 Å². The van der Waals surface area contributed by atoms with Crippen molar-refractivity contribution in [1.82, 2.24) is 19.5 Å². The van der Waals surface area contributed by atoms with Crippen LogP contribution in [0, 0.1) is 18.3 Å². The molecule has 2 fully saturated rings. The molecule has 1 aromatic carbocycles. The molecule has 4 heterocycles. The molecule has 12 heteroatoms. The van der Waals surface area contributed by atoms with Gasteiger partial charge in [-0.3, -0.25) is 4.57 Å². The lowest BCUT2D eigenvalue weighted by atomic mass is 10.0. The van der Waals surface area contributed by atoms with E-state index in [0.717, 1.165) is 16.7 Å². The average molecular weight is 530 g/mol. The molecule has 1 N–H and O–H groups in total. The number of morpholine rings is 1. The van der Waals surface area contributed by atoms with Gasteiger partial charge in [0, 0.05) is 24.4 Å². The van der Waals surface area contributed by atoms with E-state index in [0.29, 0.717) is 49.7 Å². The zero-order valence-corrected chi connectivity index (χ0v) is 20.8. The zero-order valence-electron chi connectivity index (χ0n) is 19.2. The second-order valence-corrected chi connectivity index (χ2v) is 9.79. The molecule has 0 bridgehead atoms. The number of anilines is 1. The van der Waals surface area contributed by atoms with Gasteiger partial charge in [-0.15, -0.1) is 12.3 Å². The van der Waals surface area contributed by atoms with Crippen LogP contribution in [0.5, 0.6) is 0 Å². The molecule has 0 spiro atoms. The van der Waals surface area contributed by atoms with E-state index in [9.17, 15) is 9.90 Å². The molecule has 36 heavy (non-hydrogen) atoms. The summed E-state index contributed by atoms with van der Waals surface area (Å²) in [6.45, 7) is 2.59. The van der Waals surface area contributed by atoms with Crippen LogP contribution in [-0.2, 0) is 19.0 Å². The Morgan fingerprint density at radius 2 is 2.08 bits per heavy atom. The van der Waals surface area contributed by atoms with Crippen LogP contribution in [0.25, 0.3) is 11.2 Å². The van der Waals surface area contributed by atoms with Crippen molar-refractivity contribution in [1.29, 1.82) is 0 Å². The summed E-state index contributed by atoms with van der Waals surface area (Å²) in [4.78, 5) is 28.0. The van der Waals surface area contributed by atoms with Crippen molar-refractivity contribution in [2.75, 3.05) is 37.8 Å². The lowest BCUT2D eigenvalue weighted by molar-refractivity contribution is -0.146. The molecule has 0 radical (unpaired) electrons. The third-order valence-corrected chi connectivity index (χ3v) is 7.31. The Morgan fingerprint density at radius 1 is 1.31 bits per heavy atom. The van der Waals surface area contributed by atoms with Gasteiger partial charge in [-0.25, -0.2) is 9.78 Å². The molecule has 0 amide bonds. The van der Waals surface area contributed by atoms with Crippen molar-refractivity contribution < 1.29 is 24.1 Å². The van der Waals surface area contributed by atoms with Crippen molar-refractivity contribution in [3.63, 3.8) is 0 Å². The van der Waals surface area contributed by atoms with Gasteiger partial charge < -0.3 is 24.2 Å². The summed E-state index contributed by atoms with van der Waals surface area (Å²) in [6.07, 6.45) is 6.98. The van der Waals surface area contributed by atoms with Crippen molar-refractivity contribution >= 4 is 46.3 Å². The highest BCUT2D eigenvalue weighted by atomic mass is 35.5. The number of halogens is 1. The number of thioether (sulfide) groups is 1. The standard InChI is InChI=1S/C24H24ClN5O5S/c1-2-15-12-18(35-17(15)13-34-23(22(31)32)36-16-6-4-3-5-7-16)30-14-26-19-20(27-24(25)28-21(19)30)29-8-10-33-11-9-29/h1,3-7,14-15,17-18,23H,8-13H2,(H,31,32). The Bertz CT molecular complexity index is 1260. The van der Waals surface area contributed by atoms with Gasteiger partial charge in [0.15, 0.2) is 17.0 Å². The maximum Gasteiger partial charge on any atom is 0.343 e. The van der Waals surface area contributed by atoms with Crippen LogP contribution in [0.2, 0.25) is 5.28 Å². The van der Waals surface area contributed by atoms with Crippen LogP contribution >= 0.6 is 23.4 Å². The number of ether oxygens (including phenoxy) is 3. The first-order chi connectivity index (χ1) is 17.5. The molecule has 2 aliphatic rings. The van der Waals surface area contributed by atoms with Crippen molar-refractivity contribution in [3.8, 4) is 12.3 Å². The van der Waals surface area contributed by atoms with E-state index in [-0.39, 0.29) is 17.8 Å². The summed E-state index contributed by atoms with van der Waals surface area (Å²) < 4.78 is 19.2. The molecular weight excluding hydrogens is 506 g/mol. The molecule has 2 aromatic heterocycles. The molecule has 5 rings (SSSR count). The number of rotatable bonds is 8. The highest BCUT2D eigenvalue weighted by Crippen LogP contribution is 2.37. The van der Waals surface area contributed by atoms with Crippen LogP contribution in [0.15, 0.2) is 41.6 Å². The highest BCUT2D eigenvalue weighted by molar-refractivity contribution is 8.00. The van der Waals surface area contributed by atoms with E-state index in [1.807, 2.05) is 30.3 Å². The van der Waals surface area contributed by atoms with Gasteiger partial charge in [-0.2, -0.15) is 9.97 Å². The lowest BCUT2D eigenvalue weighted by Crippen LogP contribution is -2.37. The van der Waals surface area contributed by atoms with Crippen molar-refractivity contribution in [2.24, 2.45) is 5.92 Å². The molecule has 0 aliphatic carbocycles. The Labute approximate surface area is 216 Å². The number of hydrogen-bond acceptors (Lipinski definition) is 9. The Balaban J connectivity index is 1.32. The van der Waals surface area contributed by atoms with Crippen LogP contribution in [0.4, 0.5) is 5.82 Å². The number of carboxylic acids is 1. The quantitative estimate of drug-likeness (QED) is 0.202. The number of fused-ring (bicyclic) bond motifs is 1. The Hall–Kier alpha value is -2.88. The van der Waals surface area contributed by atoms with Crippen molar-refractivity contribution in [3.05, 3.63) is 41.9 Å². The number of aliphatic carboxylic acids is 1. The third-order valence-electron chi connectivity index (χ3n) is 6.05. The molecular formula is C24H24ClN5O5S. The number of hydrogen-bond donors (Lipinski definition) is 1. The second kappa shape index (κ2) is 11.0. The van der Waals surface area contributed by atoms with E-state index in [1.54, 1.807) is 10.9 Å². The smallest absolute Gasteiger partial charge is 0.343 e. The second-order valence-electron chi connectivity index (χ2n) is 8.31. The van der Waals surface area contributed by atoms with Gasteiger partial charge in [-0.1, -0.05) is 30.0 Å². The normalized spacial score (nSPS) is 23.0. The van der Waals surface area contributed by atoms with E-state index in [2.05, 4.69) is 25.8 Å². The summed E-state index contributed by atoms with van der Waals surface area (Å²) in [6, 6.07) is 9.22. The van der Waals surface area contributed by atoms with Crippen LogP contribution in [-0.4, -0.2) is 75.0 Å². The van der Waals surface area contributed by atoms with Gasteiger partial charge in [0.25, 0.3) is 0 Å². The van der Waals surface area contributed by atoms with Crippen LogP contribution in [0.1, 0.15) is 12.6 Å². The predicted octanol–water partition coefficient (Wildman–Crippen LogP) is 3.07. The number of carboxylic acid groups (broad SMARTS) is 1. The first kappa shape index (κ1) is 24.8. The molecule has 2 aliphatic heterocycles. The summed E-state index contributed by atoms with van der Waals surface area (Å²) in [5.74, 6) is 2.06. The summed E-state index contributed by atoms with van der Waals surface area (Å²) in [5.41, 5.74) is 0.0686. The van der Waals surface area contributed by atoms with Gasteiger partial charge in [0.05, 0.1) is 38.2 Å². The fraction of sp³-hybridized carbons (Fsp3) is 0.417. The monoisotopic (exact) mass is 529 g/mol. The van der Waals surface area contributed by atoms with Gasteiger partial charge in [0.2, 0.25) is 10.7 Å². The zero-order chi connectivity index (χ0) is 25.1. The lowest BCUT2D eigenvalue weighted by Gasteiger charge is -2.27. The number of nitrogens with zero attached hydrogens (tertiary/aromatic N) is 5. The molecule has 4 atom stereocenters. The molecule has 188 valence electrons. The molecule has 10 nitrogen and oxygen atoms in total. The fourth-order valence-corrected chi connectivity index (χ4v) is 5.24. The SMILES string of the molecule is C#CC1CC(n2cnc3c(N4CCOCC4)nc(Cl)nc32)OC1COC(Sc1ccccc1)C(=O)O. The van der Waals surface area contributed by atoms with E-state index < -0.39 is 23.7 Å². The third kappa shape index (κ3) is 5.28. The van der Waals surface area contributed by atoms with Crippen molar-refractivity contribution in [2.45, 2.75) is 29.1 Å². The van der Waals surface area contributed by atoms with E-state index in [1.165, 1.54) is 0 Å². The molecule has 3 aromatic rings. The number of aromatic nitrogens is 4. The number of benzene rings is 1. The Morgan fingerprint density at radius 3 is 2.81 bits per heavy atom.